The molecule has 1 aliphatic heterocycles. The molecule has 1 aliphatic rings. The lowest BCUT2D eigenvalue weighted by molar-refractivity contribution is -0.144. The molecule has 128 valence electrons. The highest BCUT2D eigenvalue weighted by molar-refractivity contribution is 5.81. The number of likely N-dealkylation sites (tertiary alicyclic amines) is 1. The summed E-state index contributed by atoms with van der Waals surface area (Å²) in [6.07, 6.45) is 1.08. The van der Waals surface area contributed by atoms with E-state index in [1.807, 2.05) is 6.92 Å². The number of hydrogen-bond donors (Lipinski definition) is 1. The van der Waals surface area contributed by atoms with Crippen LogP contribution in [0, 0.1) is 11.8 Å². The Hall–Kier alpha value is -1.34. The number of nitrogens with one attached hydrogen (secondary N) is 1. The van der Waals surface area contributed by atoms with Gasteiger partial charge in [0.05, 0.1) is 32.8 Å². The summed E-state index contributed by atoms with van der Waals surface area (Å²) in [6.45, 7) is 6.23. The highest BCUT2D eigenvalue weighted by Gasteiger charge is 2.25. The molecule has 0 aromatic carbocycles. The quantitative estimate of drug-likeness (QED) is 0.302. The average molecular weight is 315 g/mol. The topological polar surface area (TPSA) is 72.4 Å². The molecule has 1 heterocycles. The van der Waals surface area contributed by atoms with Gasteiger partial charge < -0.3 is 24.4 Å². The van der Waals surface area contributed by atoms with Crippen molar-refractivity contribution in [2.45, 2.75) is 13.3 Å². The van der Waals surface area contributed by atoms with Crippen molar-refractivity contribution >= 4 is 11.9 Å². The van der Waals surface area contributed by atoms with Gasteiger partial charge in [-0.1, -0.05) is 6.92 Å². The molecule has 1 fully saturated rings. The highest BCUT2D eigenvalue weighted by atomic mass is 16.5. The monoisotopic (exact) mass is 315 g/mol. The van der Waals surface area contributed by atoms with E-state index < -0.39 is 0 Å². The number of ether oxygens (including phenoxy) is 3. The van der Waals surface area contributed by atoms with E-state index in [1.165, 1.54) is 7.11 Å². The summed E-state index contributed by atoms with van der Waals surface area (Å²) in [5.74, 6) is 0.926. The van der Waals surface area contributed by atoms with Gasteiger partial charge in [0.15, 0.2) is 5.96 Å². The number of guanidine groups is 1. The molecule has 7 heteroatoms. The predicted molar refractivity (Wildman–Crippen MR) is 84.9 cm³/mol. The lowest BCUT2D eigenvalue weighted by Crippen LogP contribution is -2.43. The Morgan fingerprint density at radius 2 is 2.18 bits per heavy atom. The Bertz CT molecular complexity index is 363. The van der Waals surface area contributed by atoms with Gasteiger partial charge in [-0.15, -0.1) is 0 Å². The second kappa shape index (κ2) is 10.4. The van der Waals surface area contributed by atoms with E-state index in [1.54, 1.807) is 14.2 Å². The third-order valence-electron chi connectivity index (χ3n) is 3.75. The van der Waals surface area contributed by atoms with Crippen LogP contribution in [0.5, 0.6) is 0 Å². The molecule has 0 spiro atoms. The first-order chi connectivity index (χ1) is 10.6. The number of nitrogens with zero attached hydrogens (tertiary/aromatic N) is 2. The molecule has 0 saturated carbocycles. The van der Waals surface area contributed by atoms with Crippen LogP contribution in [0.4, 0.5) is 0 Å². The van der Waals surface area contributed by atoms with Crippen LogP contribution in [0.3, 0.4) is 0 Å². The van der Waals surface area contributed by atoms with E-state index in [9.17, 15) is 4.79 Å². The Morgan fingerprint density at radius 1 is 1.41 bits per heavy atom. The molecule has 22 heavy (non-hydrogen) atoms. The standard InChI is InChI=1S/C15H29N3O4/c1-12(14(19)21-4)9-17-15(16-2)18-6-5-13(10-18)11-22-8-7-20-3/h12-13H,5-11H2,1-4H3,(H,16,17). The van der Waals surface area contributed by atoms with Crippen LogP contribution in [0.25, 0.3) is 0 Å². The van der Waals surface area contributed by atoms with Crippen molar-refractivity contribution in [3.8, 4) is 0 Å². The number of hydrogen-bond acceptors (Lipinski definition) is 5. The zero-order chi connectivity index (χ0) is 16.4. The van der Waals surface area contributed by atoms with E-state index in [-0.39, 0.29) is 11.9 Å². The number of carbonyl (C=O) groups is 1. The summed E-state index contributed by atoms with van der Waals surface area (Å²) in [7, 11) is 4.83. The van der Waals surface area contributed by atoms with Crippen molar-refractivity contribution in [3.05, 3.63) is 0 Å². The first kappa shape index (κ1) is 18.7. The van der Waals surface area contributed by atoms with Crippen LogP contribution in [-0.2, 0) is 19.0 Å². The third-order valence-corrected chi connectivity index (χ3v) is 3.75. The Balaban J connectivity index is 2.32. The summed E-state index contributed by atoms with van der Waals surface area (Å²) in [5.41, 5.74) is 0. The fourth-order valence-corrected chi connectivity index (χ4v) is 2.41. The number of methoxy groups -OCH3 is 2. The maximum absolute atomic E-state index is 11.4. The fraction of sp³-hybridized carbons (Fsp3) is 0.867. The van der Waals surface area contributed by atoms with Crippen LogP contribution in [0.1, 0.15) is 13.3 Å². The first-order valence-electron chi connectivity index (χ1n) is 7.72. The number of carbonyl (C=O) groups excluding carboxylic acids is 1. The molecule has 0 aromatic heterocycles. The van der Waals surface area contributed by atoms with Gasteiger partial charge in [-0.3, -0.25) is 9.79 Å². The normalized spacial score (nSPS) is 20.1. The molecule has 0 bridgehead atoms. The molecule has 7 nitrogen and oxygen atoms in total. The minimum atomic E-state index is -0.214. The lowest BCUT2D eigenvalue weighted by atomic mass is 10.1. The molecule has 0 amide bonds. The number of esters is 1. The van der Waals surface area contributed by atoms with Crippen LogP contribution in [0.15, 0.2) is 4.99 Å². The molecule has 2 atom stereocenters. The Morgan fingerprint density at radius 3 is 2.82 bits per heavy atom. The second-order valence-electron chi connectivity index (χ2n) is 5.52. The molecular formula is C15H29N3O4. The molecule has 1 N–H and O–H groups in total. The Labute approximate surface area is 133 Å². The van der Waals surface area contributed by atoms with E-state index in [4.69, 9.17) is 14.2 Å². The average Bonchev–Trinajstić information content (AvgIpc) is 3.00. The van der Waals surface area contributed by atoms with Crippen molar-refractivity contribution in [1.82, 2.24) is 10.2 Å². The van der Waals surface area contributed by atoms with Crippen molar-refractivity contribution in [2.75, 3.05) is 60.7 Å². The lowest BCUT2D eigenvalue weighted by Gasteiger charge is -2.22. The van der Waals surface area contributed by atoms with Crippen molar-refractivity contribution < 1.29 is 19.0 Å². The van der Waals surface area contributed by atoms with Gasteiger partial charge in [0.1, 0.15) is 0 Å². The van der Waals surface area contributed by atoms with Gasteiger partial charge in [0, 0.05) is 39.7 Å². The van der Waals surface area contributed by atoms with Gasteiger partial charge >= 0.3 is 5.97 Å². The van der Waals surface area contributed by atoms with Gasteiger partial charge in [-0.05, 0) is 6.42 Å². The molecule has 0 aliphatic carbocycles. The van der Waals surface area contributed by atoms with Crippen LogP contribution in [-0.4, -0.2) is 77.6 Å². The smallest absolute Gasteiger partial charge is 0.310 e. The second-order valence-corrected chi connectivity index (χ2v) is 5.52. The zero-order valence-electron chi connectivity index (χ0n) is 14.1. The van der Waals surface area contributed by atoms with Crippen LogP contribution < -0.4 is 5.32 Å². The molecule has 1 saturated heterocycles. The summed E-state index contributed by atoms with van der Waals surface area (Å²) in [6, 6.07) is 0. The minimum Gasteiger partial charge on any atom is -0.469 e. The molecule has 2 unspecified atom stereocenters. The third kappa shape index (κ3) is 6.19. The molecule has 0 aromatic rings. The zero-order valence-corrected chi connectivity index (χ0v) is 14.1. The van der Waals surface area contributed by atoms with E-state index in [0.717, 1.165) is 32.1 Å². The van der Waals surface area contributed by atoms with E-state index >= 15 is 0 Å². The van der Waals surface area contributed by atoms with Gasteiger partial charge in [-0.25, -0.2) is 0 Å². The number of rotatable bonds is 8. The van der Waals surface area contributed by atoms with Crippen LogP contribution in [0.2, 0.25) is 0 Å². The highest BCUT2D eigenvalue weighted by Crippen LogP contribution is 2.16. The summed E-state index contributed by atoms with van der Waals surface area (Å²) in [4.78, 5) is 17.9. The largest absolute Gasteiger partial charge is 0.469 e. The maximum Gasteiger partial charge on any atom is 0.310 e. The van der Waals surface area contributed by atoms with Gasteiger partial charge in [0.2, 0.25) is 0 Å². The summed E-state index contributed by atoms with van der Waals surface area (Å²) < 4.78 is 15.3. The summed E-state index contributed by atoms with van der Waals surface area (Å²) >= 11 is 0. The molecule has 1 rings (SSSR count). The Kier molecular flexibility index (Phi) is 8.84. The number of aliphatic imine (C=N–C) groups is 1. The first-order valence-corrected chi connectivity index (χ1v) is 7.72. The predicted octanol–water partition coefficient (Wildman–Crippen LogP) is 0.356. The maximum atomic E-state index is 11.4. The van der Waals surface area contributed by atoms with Crippen LogP contribution >= 0.6 is 0 Å². The minimum absolute atomic E-state index is 0.197. The van der Waals surface area contributed by atoms with Gasteiger partial charge in [-0.2, -0.15) is 0 Å². The summed E-state index contributed by atoms with van der Waals surface area (Å²) in [5, 5.41) is 3.24. The van der Waals surface area contributed by atoms with Crippen molar-refractivity contribution in [3.63, 3.8) is 0 Å². The van der Waals surface area contributed by atoms with E-state index in [0.29, 0.717) is 25.7 Å². The fourth-order valence-electron chi connectivity index (χ4n) is 2.41. The molecular weight excluding hydrogens is 286 g/mol. The van der Waals surface area contributed by atoms with Crippen molar-refractivity contribution in [1.29, 1.82) is 0 Å². The van der Waals surface area contributed by atoms with Crippen molar-refractivity contribution in [2.24, 2.45) is 16.8 Å². The molecule has 0 radical (unpaired) electrons. The van der Waals surface area contributed by atoms with E-state index in [2.05, 4.69) is 15.2 Å². The van der Waals surface area contributed by atoms with Gasteiger partial charge in [0.25, 0.3) is 0 Å². The SMILES string of the molecule is CN=C(NCC(C)C(=O)OC)N1CCC(COCCOC)C1.